The van der Waals surface area contributed by atoms with Crippen molar-refractivity contribution in [3.63, 3.8) is 0 Å². The summed E-state index contributed by atoms with van der Waals surface area (Å²) < 4.78 is 1.79. The van der Waals surface area contributed by atoms with Crippen molar-refractivity contribution in [3.8, 4) is 11.1 Å². The summed E-state index contributed by atoms with van der Waals surface area (Å²) in [6.45, 7) is 8.38. The molecule has 4 aromatic rings. The third-order valence-corrected chi connectivity index (χ3v) is 6.50. The maximum atomic E-state index is 10.9. The Morgan fingerprint density at radius 1 is 0.912 bits per heavy atom. The molecule has 1 saturated heterocycles. The fourth-order valence-corrected chi connectivity index (χ4v) is 4.44. The van der Waals surface area contributed by atoms with Crippen LogP contribution in [0.15, 0.2) is 61.2 Å². The van der Waals surface area contributed by atoms with Gasteiger partial charge in [-0.3, -0.25) is 9.58 Å². The lowest BCUT2D eigenvalue weighted by molar-refractivity contribution is 0.206. The van der Waals surface area contributed by atoms with Gasteiger partial charge in [0.05, 0.1) is 6.20 Å². The number of aliphatic hydroxyl groups is 1. The minimum Gasteiger partial charge on any atom is -0.369 e. The molecule has 1 aromatic carbocycles. The second-order valence-corrected chi connectivity index (χ2v) is 9.15. The predicted octanol–water partition coefficient (Wildman–Crippen LogP) is 3.66. The van der Waals surface area contributed by atoms with Crippen LogP contribution in [0, 0.1) is 0 Å². The first-order valence-corrected chi connectivity index (χ1v) is 11.7. The van der Waals surface area contributed by atoms with E-state index in [-0.39, 0.29) is 0 Å². The molecule has 3 aromatic heterocycles. The van der Waals surface area contributed by atoms with E-state index in [1.807, 2.05) is 43.8 Å². The van der Waals surface area contributed by atoms with E-state index in [4.69, 9.17) is 0 Å². The minimum atomic E-state index is -0.884. The van der Waals surface area contributed by atoms with Crippen LogP contribution in [0.5, 0.6) is 0 Å². The fourth-order valence-electron chi connectivity index (χ4n) is 4.44. The van der Waals surface area contributed by atoms with Gasteiger partial charge in [-0.15, -0.1) is 0 Å². The van der Waals surface area contributed by atoms with E-state index < -0.39 is 6.23 Å². The Bertz CT molecular complexity index is 1280. The Balaban J connectivity index is 1.31. The van der Waals surface area contributed by atoms with E-state index in [1.54, 1.807) is 10.9 Å². The first kappa shape index (κ1) is 22.3. The van der Waals surface area contributed by atoms with E-state index in [0.29, 0.717) is 11.9 Å². The molecule has 1 aliphatic rings. The van der Waals surface area contributed by atoms with E-state index in [9.17, 15) is 5.11 Å². The smallest absolute Gasteiger partial charge is 0.152 e. The number of rotatable bonds is 6. The number of hydrogen-bond acceptors (Lipinski definition) is 7. The second kappa shape index (κ2) is 9.40. The molecule has 8 nitrogen and oxygen atoms in total. The molecule has 1 atom stereocenters. The molecule has 1 unspecified atom stereocenters. The van der Waals surface area contributed by atoms with Crippen molar-refractivity contribution >= 4 is 22.4 Å². The van der Waals surface area contributed by atoms with Crippen LogP contribution in [0.1, 0.15) is 25.6 Å². The SMILES string of the molecule is CC(C)N1CCN(c2cc(C(O)Nc3cc4cc(-c5cnn(C)c5)ccc4cn3)ccn2)CC1. The number of aryl methyl sites for hydroxylation is 1. The third-order valence-electron chi connectivity index (χ3n) is 6.50. The summed E-state index contributed by atoms with van der Waals surface area (Å²) in [6.07, 6.45) is 6.55. The van der Waals surface area contributed by atoms with E-state index in [0.717, 1.165) is 59.5 Å². The normalized spacial score (nSPS) is 15.7. The average Bonchev–Trinajstić information content (AvgIpc) is 3.30. The zero-order chi connectivity index (χ0) is 23.7. The monoisotopic (exact) mass is 457 g/mol. The van der Waals surface area contributed by atoms with Gasteiger partial charge in [0, 0.05) is 74.4 Å². The molecule has 4 heterocycles. The summed E-state index contributed by atoms with van der Waals surface area (Å²) in [5.74, 6) is 1.52. The van der Waals surface area contributed by atoms with Crippen molar-refractivity contribution in [1.29, 1.82) is 0 Å². The molecule has 1 aliphatic heterocycles. The Labute approximate surface area is 199 Å². The maximum Gasteiger partial charge on any atom is 0.152 e. The van der Waals surface area contributed by atoms with Crippen molar-refractivity contribution in [2.75, 3.05) is 36.4 Å². The number of aromatic nitrogens is 4. The molecule has 34 heavy (non-hydrogen) atoms. The van der Waals surface area contributed by atoms with Crippen LogP contribution in [0.2, 0.25) is 0 Å². The summed E-state index contributed by atoms with van der Waals surface area (Å²) >= 11 is 0. The lowest BCUT2D eigenvalue weighted by Gasteiger charge is -2.37. The molecule has 0 radical (unpaired) electrons. The van der Waals surface area contributed by atoms with Gasteiger partial charge in [0.2, 0.25) is 0 Å². The molecule has 0 aliphatic carbocycles. The van der Waals surface area contributed by atoms with Crippen LogP contribution in [0.3, 0.4) is 0 Å². The van der Waals surface area contributed by atoms with Crippen LogP contribution in [-0.4, -0.2) is 62.0 Å². The van der Waals surface area contributed by atoms with Crippen molar-refractivity contribution in [1.82, 2.24) is 24.6 Å². The predicted molar refractivity (Wildman–Crippen MR) is 136 cm³/mol. The van der Waals surface area contributed by atoms with Gasteiger partial charge in [-0.2, -0.15) is 5.10 Å². The Morgan fingerprint density at radius 2 is 1.74 bits per heavy atom. The first-order chi connectivity index (χ1) is 16.5. The van der Waals surface area contributed by atoms with Crippen LogP contribution in [-0.2, 0) is 7.05 Å². The lowest BCUT2D eigenvalue weighted by atomic mass is 10.1. The zero-order valence-corrected chi connectivity index (χ0v) is 19.9. The quantitative estimate of drug-likeness (QED) is 0.428. The van der Waals surface area contributed by atoms with Crippen LogP contribution >= 0.6 is 0 Å². The van der Waals surface area contributed by atoms with E-state index in [2.05, 4.69) is 62.2 Å². The summed E-state index contributed by atoms with van der Waals surface area (Å²) in [6, 6.07) is 12.6. The van der Waals surface area contributed by atoms with Crippen molar-refractivity contribution in [3.05, 3.63) is 66.7 Å². The highest BCUT2D eigenvalue weighted by Crippen LogP contribution is 2.27. The van der Waals surface area contributed by atoms with Gasteiger partial charge in [-0.25, -0.2) is 9.97 Å². The van der Waals surface area contributed by atoms with Gasteiger partial charge < -0.3 is 15.3 Å². The number of aliphatic hydroxyl groups excluding tert-OH is 1. The molecule has 0 amide bonds. The molecule has 5 rings (SSSR count). The number of nitrogens with zero attached hydrogens (tertiary/aromatic N) is 6. The first-order valence-electron chi connectivity index (χ1n) is 11.7. The standard InChI is InChI=1S/C26H31N7O/c1-18(2)32-8-10-33(11-9-32)25-14-20(6-7-27-25)26(34)30-24-13-22-12-19(4-5-21(22)15-28-24)23-16-29-31(3)17-23/h4-7,12-18,26,34H,8-11H2,1-3H3,(H,28,30). The fraction of sp³-hybridized carbons (Fsp3) is 0.346. The molecular weight excluding hydrogens is 426 g/mol. The summed E-state index contributed by atoms with van der Waals surface area (Å²) in [5.41, 5.74) is 2.92. The van der Waals surface area contributed by atoms with Gasteiger partial charge in [0.15, 0.2) is 6.23 Å². The van der Waals surface area contributed by atoms with E-state index in [1.165, 1.54) is 0 Å². The summed E-state index contributed by atoms with van der Waals surface area (Å²) in [7, 11) is 1.91. The maximum absolute atomic E-state index is 10.9. The molecule has 0 bridgehead atoms. The number of piperazine rings is 1. The van der Waals surface area contributed by atoms with E-state index >= 15 is 0 Å². The third kappa shape index (κ3) is 4.73. The molecule has 2 N–H and O–H groups in total. The number of pyridine rings is 2. The Morgan fingerprint density at radius 3 is 2.47 bits per heavy atom. The van der Waals surface area contributed by atoms with Gasteiger partial charge in [0.1, 0.15) is 11.6 Å². The number of benzene rings is 1. The van der Waals surface area contributed by atoms with Gasteiger partial charge in [0.25, 0.3) is 0 Å². The van der Waals surface area contributed by atoms with Gasteiger partial charge in [-0.05, 0) is 49.1 Å². The average molecular weight is 458 g/mol. The van der Waals surface area contributed by atoms with Gasteiger partial charge >= 0.3 is 0 Å². The number of fused-ring (bicyclic) bond motifs is 1. The zero-order valence-electron chi connectivity index (χ0n) is 19.9. The number of anilines is 2. The summed E-state index contributed by atoms with van der Waals surface area (Å²) in [5, 5.41) is 20.4. The molecule has 0 saturated carbocycles. The van der Waals surface area contributed by atoms with Crippen LogP contribution in [0.4, 0.5) is 11.6 Å². The van der Waals surface area contributed by atoms with Crippen molar-refractivity contribution in [2.24, 2.45) is 7.05 Å². The Hall–Kier alpha value is -3.49. The molecule has 1 fully saturated rings. The lowest BCUT2D eigenvalue weighted by Crippen LogP contribution is -2.49. The molecular formula is C26H31N7O. The molecule has 176 valence electrons. The molecule has 0 spiro atoms. The molecule has 8 heteroatoms. The van der Waals surface area contributed by atoms with Crippen LogP contribution in [0.25, 0.3) is 21.9 Å². The van der Waals surface area contributed by atoms with Crippen LogP contribution < -0.4 is 10.2 Å². The Kier molecular flexibility index (Phi) is 6.17. The highest BCUT2D eigenvalue weighted by molar-refractivity contribution is 5.88. The second-order valence-electron chi connectivity index (χ2n) is 9.15. The highest BCUT2D eigenvalue weighted by Gasteiger charge is 2.20. The largest absolute Gasteiger partial charge is 0.369 e. The van der Waals surface area contributed by atoms with Crippen molar-refractivity contribution < 1.29 is 5.11 Å². The highest BCUT2D eigenvalue weighted by atomic mass is 16.3. The topological polar surface area (TPSA) is 82.3 Å². The minimum absolute atomic E-state index is 0.558. The number of hydrogen-bond donors (Lipinski definition) is 2. The number of nitrogens with one attached hydrogen (secondary N) is 1. The van der Waals surface area contributed by atoms with Gasteiger partial charge in [-0.1, -0.05) is 12.1 Å². The van der Waals surface area contributed by atoms with Crippen molar-refractivity contribution in [2.45, 2.75) is 26.1 Å². The summed E-state index contributed by atoms with van der Waals surface area (Å²) in [4.78, 5) is 13.8.